The molecule has 0 aliphatic rings. The molecule has 2 aromatic rings. The highest BCUT2D eigenvalue weighted by Crippen LogP contribution is 2.40. The van der Waals surface area contributed by atoms with E-state index < -0.39 is 0 Å². The van der Waals surface area contributed by atoms with E-state index in [0.29, 0.717) is 0 Å². The molecule has 0 saturated heterocycles. The van der Waals surface area contributed by atoms with Crippen LogP contribution in [0.3, 0.4) is 0 Å². The molecule has 3 heteroatoms. The summed E-state index contributed by atoms with van der Waals surface area (Å²) in [6.45, 7) is 6.48. The zero-order valence-electron chi connectivity index (χ0n) is 11.1. The summed E-state index contributed by atoms with van der Waals surface area (Å²) in [6, 6.07) is 10.6. The fourth-order valence-electron chi connectivity index (χ4n) is 2.40. The lowest BCUT2D eigenvalue weighted by Crippen LogP contribution is -2.02. The van der Waals surface area contributed by atoms with Crippen molar-refractivity contribution in [3.05, 3.63) is 67.1 Å². The molecule has 0 spiro atoms. The molecular weight excluding hydrogens is 432 g/mol. The summed E-state index contributed by atoms with van der Waals surface area (Å²) in [7, 11) is 0. The second kappa shape index (κ2) is 6.11. The normalized spacial score (nSPS) is 12.5. The van der Waals surface area contributed by atoms with Crippen LogP contribution in [-0.4, -0.2) is 0 Å². The minimum atomic E-state index is 0.194. The molecule has 0 amide bonds. The zero-order valence-corrected chi connectivity index (χ0v) is 15.9. The lowest BCUT2D eigenvalue weighted by molar-refractivity contribution is 1.08. The van der Waals surface area contributed by atoms with E-state index >= 15 is 0 Å². The van der Waals surface area contributed by atoms with Crippen LogP contribution in [0.2, 0.25) is 0 Å². The molecule has 0 aromatic heterocycles. The fourth-order valence-corrected chi connectivity index (χ4v) is 4.65. The topological polar surface area (TPSA) is 0 Å². The van der Waals surface area contributed by atoms with Gasteiger partial charge in [-0.15, -0.1) is 0 Å². The Morgan fingerprint density at radius 3 is 2.21 bits per heavy atom. The molecule has 0 aliphatic heterocycles. The van der Waals surface area contributed by atoms with Crippen LogP contribution < -0.4 is 0 Å². The maximum absolute atomic E-state index is 3.85. The molecule has 0 fully saturated rings. The van der Waals surface area contributed by atoms with E-state index in [1.54, 1.807) is 0 Å². The van der Waals surface area contributed by atoms with Gasteiger partial charge >= 0.3 is 0 Å². The van der Waals surface area contributed by atoms with Crippen LogP contribution in [0.5, 0.6) is 0 Å². The lowest BCUT2D eigenvalue weighted by Gasteiger charge is -2.20. The van der Waals surface area contributed by atoms with Gasteiger partial charge in [0.2, 0.25) is 0 Å². The van der Waals surface area contributed by atoms with Gasteiger partial charge < -0.3 is 0 Å². The first kappa shape index (κ1) is 15.3. The molecule has 0 bridgehead atoms. The van der Waals surface area contributed by atoms with Crippen molar-refractivity contribution in [2.75, 3.05) is 0 Å². The van der Waals surface area contributed by atoms with Crippen molar-refractivity contribution < 1.29 is 0 Å². The standard InChI is InChI=1S/C16H15Br3/c1-9-8-10(2)15(18)11(3)14(9)16(19)12-6-4-5-7-13(12)17/h4-8,16H,1-3H3. The quantitative estimate of drug-likeness (QED) is 0.454. The largest absolute Gasteiger partial charge is 0.0786 e. The van der Waals surface area contributed by atoms with Crippen LogP contribution in [-0.2, 0) is 0 Å². The average molecular weight is 447 g/mol. The maximum Gasteiger partial charge on any atom is 0.0661 e. The summed E-state index contributed by atoms with van der Waals surface area (Å²) in [5.74, 6) is 0. The number of rotatable bonds is 2. The first-order valence-corrected chi connectivity index (χ1v) is 8.58. The van der Waals surface area contributed by atoms with Crippen molar-refractivity contribution in [3.63, 3.8) is 0 Å². The Kier molecular flexibility index (Phi) is 4.91. The van der Waals surface area contributed by atoms with Crippen molar-refractivity contribution >= 4 is 47.8 Å². The molecule has 19 heavy (non-hydrogen) atoms. The van der Waals surface area contributed by atoms with Crippen molar-refractivity contribution in [2.24, 2.45) is 0 Å². The Bertz CT molecular complexity index is 618. The Balaban J connectivity index is 2.60. The fraction of sp³-hybridized carbons (Fsp3) is 0.250. The van der Waals surface area contributed by atoms with E-state index in [9.17, 15) is 0 Å². The molecule has 0 nitrogen and oxygen atoms in total. The highest BCUT2D eigenvalue weighted by molar-refractivity contribution is 9.11. The highest BCUT2D eigenvalue weighted by atomic mass is 79.9. The van der Waals surface area contributed by atoms with Gasteiger partial charge in [-0.3, -0.25) is 0 Å². The predicted octanol–water partition coefficient (Wildman–Crippen LogP) is 6.62. The lowest BCUT2D eigenvalue weighted by atomic mass is 9.94. The van der Waals surface area contributed by atoms with Crippen molar-refractivity contribution in [3.8, 4) is 0 Å². The third kappa shape index (κ3) is 2.98. The third-order valence-electron chi connectivity index (χ3n) is 3.37. The van der Waals surface area contributed by atoms with Gasteiger partial charge in [-0.2, -0.15) is 0 Å². The van der Waals surface area contributed by atoms with Crippen LogP contribution in [0.15, 0.2) is 39.3 Å². The number of benzene rings is 2. The van der Waals surface area contributed by atoms with Gasteiger partial charge in [-0.1, -0.05) is 72.1 Å². The van der Waals surface area contributed by atoms with E-state index in [0.717, 1.165) is 4.47 Å². The Morgan fingerprint density at radius 1 is 0.947 bits per heavy atom. The zero-order chi connectivity index (χ0) is 14.2. The number of hydrogen-bond acceptors (Lipinski definition) is 0. The van der Waals surface area contributed by atoms with Crippen LogP contribution in [0, 0.1) is 20.8 Å². The summed E-state index contributed by atoms with van der Waals surface area (Å²) in [4.78, 5) is 0.194. The van der Waals surface area contributed by atoms with Crippen molar-refractivity contribution in [1.29, 1.82) is 0 Å². The minimum absolute atomic E-state index is 0.194. The first-order chi connectivity index (χ1) is 8.93. The first-order valence-electron chi connectivity index (χ1n) is 6.08. The molecule has 2 aromatic carbocycles. The molecule has 1 atom stereocenters. The van der Waals surface area contributed by atoms with E-state index in [1.807, 2.05) is 6.07 Å². The molecule has 0 heterocycles. The number of hydrogen-bond donors (Lipinski definition) is 0. The minimum Gasteiger partial charge on any atom is -0.0786 e. The van der Waals surface area contributed by atoms with Gasteiger partial charge in [0.15, 0.2) is 0 Å². The van der Waals surface area contributed by atoms with Crippen LogP contribution >= 0.6 is 47.8 Å². The van der Waals surface area contributed by atoms with Gasteiger partial charge in [0.1, 0.15) is 0 Å². The molecule has 2 rings (SSSR count). The molecule has 100 valence electrons. The molecule has 0 saturated carbocycles. The van der Waals surface area contributed by atoms with Gasteiger partial charge in [0, 0.05) is 8.95 Å². The Hall–Kier alpha value is -0.120. The number of halogens is 3. The van der Waals surface area contributed by atoms with Crippen LogP contribution in [0.4, 0.5) is 0 Å². The average Bonchev–Trinajstić information content (AvgIpc) is 2.36. The molecule has 0 aliphatic carbocycles. The maximum atomic E-state index is 3.85. The highest BCUT2D eigenvalue weighted by Gasteiger charge is 2.19. The van der Waals surface area contributed by atoms with Crippen LogP contribution in [0.1, 0.15) is 32.6 Å². The predicted molar refractivity (Wildman–Crippen MR) is 93.3 cm³/mol. The molecular formula is C16H15Br3. The van der Waals surface area contributed by atoms with Gasteiger partial charge in [0.25, 0.3) is 0 Å². The van der Waals surface area contributed by atoms with E-state index in [4.69, 9.17) is 0 Å². The second-order valence-electron chi connectivity index (χ2n) is 4.75. The molecule has 0 radical (unpaired) electrons. The van der Waals surface area contributed by atoms with Gasteiger partial charge in [0.05, 0.1) is 4.83 Å². The van der Waals surface area contributed by atoms with E-state index in [1.165, 1.54) is 32.3 Å². The summed E-state index contributed by atoms with van der Waals surface area (Å²) < 4.78 is 2.33. The second-order valence-corrected chi connectivity index (χ2v) is 7.31. The van der Waals surface area contributed by atoms with Gasteiger partial charge in [-0.25, -0.2) is 0 Å². The number of aryl methyl sites for hydroxylation is 2. The summed E-state index contributed by atoms with van der Waals surface area (Å²) in [5, 5.41) is 0. The molecule has 0 N–H and O–H groups in total. The Morgan fingerprint density at radius 2 is 1.58 bits per heavy atom. The van der Waals surface area contributed by atoms with Crippen molar-refractivity contribution in [2.45, 2.75) is 25.6 Å². The SMILES string of the molecule is Cc1cc(C)c(C(Br)c2ccccc2Br)c(C)c1Br. The molecule has 1 unspecified atom stereocenters. The Labute approximate surface area is 140 Å². The van der Waals surface area contributed by atoms with Crippen molar-refractivity contribution in [1.82, 2.24) is 0 Å². The third-order valence-corrected chi connectivity index (χ3v) is 6.26. The summed E-state index contributed by atoms with van der Waals surface area (Å²) in [5.41, 5.74) is 6.49. The van der Waals surface area contributed by atoms with Gasteiger partial charge in [-0.05, 0) is 54.7 Å². The summed E-state index contributed by atoms with van der Waals surface area (Å²) >= 11 is 11.2. The van der Waals surface area contributed by atoms with E-state index in [2.05, 4.69) is 92.8 Å². The van der Waals surface area contributed by atoms with Crippen LogP contribution in [0.25, 0.3) is 0 Å². The van der Waals surface area contributed by atoms with E-state index in [-0.39, 0.29) is 4.83 Å². The number of alkyl halides is 1. The monoisotopic (exact) mass is 444 g/mol. The summed E-state index contributed by atoms with van der Waals surface area (Å²) in [6.07, 6.45) is 0. The smallest absolute Gasteiger partial charge is 0.0661 e.